The number of fused-ring (bicyclic) bond motifs is 1. The summed E-state index contributed by atoms with van der Waals surface area (Å²) in [6.45, 7) is 5.26. The number of para-hydroxylation sites is 1. The Kier molecular flexibility index (Phi) is 6.16. The van der Waals surface area contributed by atoms with Crippen LogP contribution >= 0.6 is 38.9 Å². The van der Waals surface area contributed by atoms with Crippen LogP contribution in [0.3, 0.4) is 0 Å². The van der Waals surface area contributed by atoms with Gasteiger partial charge in [-0.3, -0.25) is 9.69 Å². The molecule has 0 bridgehead atoms. The van der Waals surface area contributed by atoms with Gasteiger partial charge in [0.15, 0.2) is 5.13 Å². The van der Waals surface area contributed by atoms with E-state index in [2.05, 4.69) is 37.1 Å². The third-order valence-corrected chi connectivity index (χ3v) is 6.74. The first-order chi connectivity index (χ1) is 13.6. The number of nitrogens with zero attached hydrogens (tertiary/aromatic N) is 3. The van der Waals surface area contributed by atoms with E-state index in [0.717, 1.165) is 52.5 Å². The molecule has 28 heavy (non-hydrogen) atoms. The first-order valence-electron chi connectivity index (χ1n) is 9.16. The summed E-state index contributed by atoms with van der Waals surface area (Å²) in [5.74, 6) is -0.0301. The van der Waals surface area contributed by atoms with Crippen molar-refractivity contribution in [2.75, 3.05) is 44.2 Å². The van der Waals surface area contributed by atoms with Crippen molar-refractivity contribution < 1.29 is 4.79 Å². The maximum absolute atomic E-state index is 12.2. The highest BCUT2D eigenvalue weighted by atomic mass is 79.9. The van der Waals surface area contributed by atoms with Crippen molar-refractivity contribution in [2.45, 2.75) is 0 Å². The van der Waals surface area contributed by atoms with Gasteiger partial charge in [0.2, 0.25) is 0 Å². The summed E-state index contributed by atoms with van der Waals surface area (Å²) in [4.78, 5) is 21.6. The van der Waals surface area contributed by atoms with Gasteiger partial charge in [-0.1, -0.05) is 44.9 Å². The third kappa shape index (κ3) is 4.49. The van der Waals surface area contributed by atoms with Crippen molar-refractivity contribution in [3.05, 3.63) is 57.5 Å². The van der Waals surface area contributed by atoms with E-state index in [-0.39, 0.29) is 5.91 Å². The molecule has 8 heteroatoms. The molecular weight excluding hydrogens is 460 g/mol. The van der Waals surface area contributed by atoms with E-state index in [1.165, 1.54) is 0 Å². The fourth-order valence-corrected chi connectivity index (χ4v) is 4.81. The van der Waals surface area contributed by atoms with E-state index in [4.69, 9.17) is 16.6 Å². The second kappa shape index (κ2) is 8.78. The summed E-state index contributed by atoms with van der Waals surface area (Å²) < 4.78 is 2.10. The topological polar surface area (TPSA) is 48.5 Å². The Morgan fingerprint density at radius 2 is 1.89 bits per heavy atom. The van der Waals surface area contributed by atoms with E-state index in [1.807, 2.05) is 36.4 Å². The molecule has 1 aliphatic heterocycles. The molecule has 0 radical (unpaired) electrons. The highest BCUT2D eigenvalue weighted by molar-refractivity contribution is 9.10. The van der Waals surface area contributed by atoms with Crippen LogP contribution in [0.4, 0.5) is 5.13 Å². The van der Waals surface area contributed by atoms with E-state index in [0.29, 0.717) is 17.1 Å². The lowest BCUT2D eigenvalue weighted by Gasteiger charge is -2.34. The number of rotatable bonds is 5. The Bertz CT molecular complexity index is 970. The monoisotopic (exact) mass is 478 g/mol. The molecule has 0 atom stereocenters. The Labute approximate surface area is 181 Å². The van der Waals surface area contributed by atoms with Crippen LogP contribution in [-0.2, 0) is 0 Å². The number of hydrogen-bond acceptors (Lipinski definition) is 5. The van der Waals surface area contributed by atoms with E-state index in [1.54, 1.807) is 11.3 Å². The van der Waals surface area contributed by atoms with Crippen molar-refractivity contribution in [3.63, 3.8) is 0 Å². The Balaban J connectivity index is 1.25. The SMILES string of the molecule is O=C(NCCN1CCN(c2nc3c(Cl)cccc3s2)CC1)c1ccc(Br)cc1. The van der Waals surface area contributed by atoms with Crippen LogP contribution < -0.4 is 10.2 Å². The van der Waals surface area contributed by atoms with Gasteiger partial charge < -0.3 is 10.2 Å². The average molecular weight is 480 g/mol. The number of carbonyl (C=O) groups is 1. The van der Waals surface area contributed by atoms with Crippen molar-refractivity contribution in [3.8, 4) is 0 Å². The van der Waals surface area contributed by atoms with Gasteiger partial charge >= 0.3 is 0 Å². The van der Waals surface area contributed by atoms with Gasteiger partial charge in [-0.2, -0.15) is 0 Å². The summed E-state index contributed by atoms with van der Waals surface area (Å²) in [5.41, 5.74) is 1.57. The van der Waals surface area contributed by atoms with Crippen LogP contribution in [0.15, 0.2) is 46.9 Å². The minimum Gasteiger partial charge on any atom is -0.351 e. The van der Waals surface area contributed by atoms with Crippen molar-refractivity contribution in [2.24, 2.45) is 0 Å². The molecule has 0 unspecified atom stereocenters. The lowest BCUT2D eigenvalue weighted by atomic mass is 10.2. The molecule has 3 aromatic rings. The second-order valence-electron chi connectivity index (χ2n) is 6.67. The molecule has 0 spiro atoms. The molecule has 2 aromatic carbocycles. The van der Waals surface area contributed by atoms with Gasteiger partial charge in [-0.05, 0) is 36.4 Å². The van der Waals surface area contributed by atoms with Crippen LogP contribution in [0.2, 0.25) is 5.02 Å². The number of anilines is 1. The quantitative estimate of drug-likeness (QED) is 0.594. The fraction of sp³-hybridized carbons (Fsp3) is 0.300. The van der Waals surface area contributed by atoms with Crippen LogP contribution in [0.25, 0.3) is 10.2 Å². The standard InChI is InChI=1S/C20H20BrClN4OS/c21-15-6-4-14(5-7-15)19(27)23-8-9-25-10-12-26(13-11-25)20-24-18-16(22)2-1-3-17(18)28-20/h1-7H,8-13H2,(H,23,27). The first-order valence-corrected chi connectivity index (χ1v) is 11.1. The first kappa shape index (κ1) is 19.6. The predicted molar refractivity (Wildman–Crippen MR) is 120 cm³/mol. The molecule has 5 nitrogen and oxygen atoms in total. The number of amides is 1. The minimum atomic E-state index is -0.0301. The molecule has 146 valence electrons. The molecular formula is C20H20BrClN4OS. The maximum atomic E-state index is 12.2. The number of thiazole rings is 1. The Morgan fingerprint density at radius 3 is 2.61 bits per heavy atom. The highest BCUT2D eigenvalue weighted by Crippen LogP contribution is 2.33. The van der Waals surface area contributed by atoms with Crippen molar-refractivity contribution in [1.29, 1.82) is 0 Å². The lowest BCUT2D eigenvalue weighted by Crippen LogP contribution is -2.48. The smallest absolute Gasteiger partial charge is 0.251 e. The molecule has 0 aliphatic carbocycles. The summed E-state index contributed by atoms with van der Waals surface area (Å²) in [5, 5.41) is 4.74. The molecule has 0 saturated carbocycles. The fourth-order valence-electron chi connectivity index (χ4n) is 3.23. The zero-order valence-corrected chi connectivity index (χ0v) is 18.4. The number of piperazine rings is 1. The number of benzene rings is 2. The molecule has 1 aliphatic rings. The minimum absolute atomic E-state index is 0.0301. The molecule has 1 fully saturated rings. The Hall–Kier alpha value is -1.67. The summed E-state index contributed by atoms with van der Waals surface area (Å²) in [6.07, 6.45) is 0. The second-order valence-corrected chi connectivity index (χ2v) is 9.01. The van der Waals surface area contributed by atoms with Gasteiger partial charge in [0, 0.05) is 49.3 Å². The lowest BCUT2D eigenvalue weighted by molar-refractivity contribution is 0.0948. The van der Waals surface area contributed by atoms with Gasteiger partial charge in [0.25, 0.3) is 5.91 Å². The van der Waals surface area contributed by atoms with Crippen LogP contribution in [0.1, 0.15) is 10.4 Å². The number of nitrogens with one attached hydrogen (secondary N) is 1. The number of aromatic nitrogens is 1. The molecule has 1 aromatic heterocycles. The van der Waals surface area contributed by atoms with E-state index >= 15 is 0 Å². The molecule has 1 amide bonds. The van der Waals surface area contributed by atoms with Crippen molar-refractivity contribution >= 4 is 60.1 Å². The van der Waals surface area contributed by atoms with Gasteiger partial charge in [0.1, 0.15) is 5.52 Å². The van der Waals surface area contributed by atoms with Gasteiger partial charge in [-0.15, -0.1) is 0 Å². The summed E-state index contributed by atoms with van der Waals surface area (Å²) in [6, 6.07) is 13.3. The van der Waals surface area contributed by atoms with E-state index < -0.39 is 0 Å². The van der Waals surface area contributed by atoms with Crippen LogP contribution in [0.5, 0.6) is 0 Å². The van der Waals surface area contributed by atoms with Crippen LogP contribution in [0, 0.1) is 0 Å². The van der Waals surface area contributed by atoms with Gasteiger partial charge in [-0.25, -0.2) is 4.98 Å². The molecule has 1 N–H and O–H groups in total. The molecule has 4 rings (SSSR count). The van der Waals surface area contributed by atoms with E-state index in [9.17, 15) is 4.79 Å². The highest BCUT2D eigenvalue weighted by Gasteiger charge is 2.20. The zero-order chi connectivity index (χ0) is 19.5. The number of carbonyl (C=O) groups excluding carboxylic acids is 1. The molecule has 1 saturated heterocycles. The zero-order valence-electron chi connectivity index (χ0n) is 15.2. The maximum Gasteiger partial charge on any atom is 0.251 e. The third-order valence-electron chi connectivity index (χ3n) is 4.82. The van der Waals surface area contributed by atoms with Crippen LogP contribution in [-0.4, -0.2) is 55.1 Å². The summed E-state index contributed by atoms with van der Waals surface area (Å²) >= 11 is 11.3. The number of hydrogen-bond donors (Lipinski definition) is 1. The average Bonchev–Trinajstić information content (AvgIpc) is 3.15. The summed E-state index contributed by atoms with van der Waals surface area (Å²) in [7, 11) is 0. The predicted octanol–water partition coefficient (Wildman–Crippen LogP) is 4.26. The molecule has 2 heterocycles. The van der Waals surface area contributed by atoms with Crippen molar-refractivity contribution in [1.82, 2.24) is 15.2 Å². The normalized spacial score (nSPS) is 15.1. The Morgan fingerprint density at radius 1 is 1.14 bits per heavy atom. The largest absolute Gasteiger partial charge is 0.351 e. The van der Waals surface area contributed by atoms with Gasteiger partial charge in [0.05, 0.1) is 9.72 Å². The number of halogens is 2.